The summed E-state index contributed by atoms with van der Waals surface area (Å²) in [5.74, 6) is 2.70. The molecular formula is C11H6S3. The molecule has 3 aromatic heterocycles. The van der Waals surface area contributed by atoms with E-state index in [9.17, 15) is 0 Å². The van der Waals surface area contributed by atoms with E-state index < -0.39 is 0 Å². The molecule has 68 valence electrons. The van der Waals surface area contributed by atoms with Crippen LogP contribution < -0.4 is 0 Å². The summed E-state index contributed by atoms with van der Waals surface area (Å²) in [6, 6.07) is 4.37. The van der Waals surface area contributed by atoms with E-state index in [1.54, 1.807) is 11.3 Å². The third-order valence-electron chi connectivity index (χ3n) is 2.09. The third kappa shape index (κ3) is 1.05. The highest BCUT2D eigenvalue weighted by Gasteiger charge is 2.10. The number of hydrogen-bond donors (Lipinski definition) is 0. The van der Waals surface area contributed by atoms with Crippen LogP contribution in [0.3, 0.4) is 0 Å². The summed E-state index contributed by atoms with van der Waals surface area (Å²) >= 11 is 5.44. The van der Waals surface area contributed by atoms with E-state index in [2.05, 4.69) is 25.0 Å². The van der Waals surface area contributed by atoms with E-state index in [0.717, 1.165) is 4.88 Å². The van der Waals surface area contributed by atoms with Gasteiger partial charge in [0, 0.05) is 14.3 Å². The second kappa shape index (κ2) is 2.83. The van der Waals surface area contributed by atoms with Gasteiger partial charge >= 0.3 is 0 Å². The first-order valence-electron chi connectivity index (χ1n) is 4.17. The molecule has 0 saturated heterocycles. The molecule has 3 rings (SSSR count). The van der Waals surface area contributed by atoms with Crippen LogP contribution in [0.15, 0.2) is 12.1 Å². The maximum Gasteiger partial charge on any atom is 0.0787 e. The highest BCUT2D eigenvalue weighted by molar-refractivity contribution is 7.38. The predicted molar refractivity (Wildman–Crippen MR) is 67.8 cm³/mol. The maximum atomic E-state index is 5.39. The van der Waals surface area contributed by atoms with Gasteiger partial charge < -0.3 is 0 Å². The van der Waals surface area contributed by atoms with E-state index in [0.29, 0.717) is 0 Å². The van der Waals surface area contributed by atoms with Gasteiger partial charge in [-0.25, -0.2) is 0 Å². The molecule has 0 unspecified atom stereocenters. The van der Waals surface area contributed by atoms with Crippen molar-refractivity contribution in [2.24, 2.45) is 0 Å². The minimum Gasteiger partial charge on any atom is -0.138 e. The number of terminal acetylenes is 1. The van der Waals surface area contributed by atoms with Crippen LogP contribution >= 0.6 is 34.0 Å². The van der Waals surface area contributed by atoms with Crippen LogP contribution in [0, 0.1) is 19.3 Å². The molecule has 3 heterocycles. The zero-order valence-corrected chi connectivity index (χ0v) is 9.91. The minimum absolute atomic E-state index is 1.04. The fourth-order valence-electron chi connectivity index (χ4n) is 1.52. The van der Waals surface area contributed by atoms with Gasteiger partial charge in [0.15, 0.2) is 0 Å². The Morgan fingerprint density at radius 2 is 1.79 bits per heavy atom. The molecular weight excluding hydrogens is 228 g/mol. The van der Waals surface area contributed by atoms with Crippen LogP contribution in [0.1, 0.15) is 9.75 Å². The summed E-state index contributed by atoms with van der Waals surface area (Å²) in [4.78, 5) is 2.42. The second-order valence-electron chi connectivity index (χ2n) is 3.10. The molecule has 0 fully saturated rings. The molecule has 0 nitrogen and oxygen atoms in total. The van der Waals surface area contributed by atoms with Gasteiger partial charge in [0.05, 0.1) is 14.3 Å². The Morgan fingerprint density at radius 1 is 1.07 bits per heavy atom. The SMILES string of the molecule is C#Cc1cc2sc3cc(C)sc3c2s1. The number of aryl methyl sites for hydroxylation is 1. The monoisotopic (exact) mass is 234 g/mol. The largest absolute Gasteiger partial charge is 0.138 e. The van der Waals surface area contributed by atoms with Gasteiger partial charge in [0.25, 0.3) is 0 Å². The smallest absolute Gasteiger partial charge is 0.0787 e. The van der Waals surface area contributed by atoms with E-state index in [1.807, 2.05) is 22.7 Å². The van der Waals surface area contributed by atoms with Gasteiger partial charge in [-0.3, -0.25) is 0 Å². The van der Waals surface area contributed by atoms with Crippen molar-refractivity contribution in [1.29, 1.82) is 0 Å². The first-order valence-corrected chi connectivity index (χ1v) is 6.62. The van der Waals surface area contributed by atoms with E-state index in [-0.39, 0.29) is 0 Å². The molecule has 0 atom stereocenters. The quantitative estimate of drug-likeness (QED) is 0.503. The standard InChI is InChI=1S/C11H6S3/c1-3-7-5-9-11(13-7)10-8(14-9)4-6(2)12-10/h1,4-5H,2H3. The number of rotatable bonds is 0. The molecule has 0 aliphatic rings. The minimum atomic E-state index is 1.04. The third-order valence-corrected chi connectivity index (χ3v) is 5.71. The van der Waals surface area contributed by atoms with Gasteiger partial charge in [-0.1, -0.05) is 5.92 Å². The van der Waals surface area contributed by atoms with Crippen molar-refractivity contribution < 1.29 is 0 Å². The van der Waals surface area contributed by atoms with Crippen LogP contribution in [0.4, 0.5) is 0 Å². The topological polar surface area (TPSA) is 0 Å². The fraction of sp³-hybridized carbons (Fsp3) is 0.0909. The molecule has 0 aromatic carbocycles. The van der Waals surface area contributed by atoms with Crippen molar-refractivity contribution in [3.63, 3.8) is 0 Å². The molecule has 0 N–H and O–H groups in total. The van der Waals surface area contributed by atoms with Crippen LogP contribution in [0.2, 0.25) is 0 Å². The average molecular weight is 234 g/mol. The Balaban J connectivity index is 2.49. The van der Waals surface area contributed by atoms with Gasteiger partial charge in [0.1, 0.15) is 0 Å². The summed E-state index contributed by atoms with van der Waals surface area (Å²) in [5.41, 5.74) is 0. The summed E-state index contributed by atoms with van der Waals surface area (Å²) in [5, 5.41) is 0. The summed E-state index contributed by atoms with van der Waals surface area (Å²) in [6.45, 7) is 2.15. The normalized spacial score (nSPS) is 11.1. The van der Waals surface area contributed by atoms with E-state index in [4.69, 9.17) is 6.42 Å². The van der Waals surface area contributed by atoms with Crippen LogP contribution in [-0.4, -0.2) is 0 Å². The molecule has 0 amide bonds. The highest BCUT2D eigenvalue weighted by Crippen LogP contribution is 2.43. The maximum absolute atomic E-state index is 5.39. The molecule has 14 heavy (non-hydrogen) atoms. The van der Waals surface area contributed by atoms with Crippen molar-refractivity contribution >= 4 is 52.8 Å². The van der Waals surface area contributed by atoms with Crippen LogP contribution in [-0.2, 0) is 0 Å². The lowest BCUT2D eigenvalue weighted by atomic mass is 10.4. The molecule has 0 radical (unpaired) electrons. The second-order valence-corrected chi connectivity index (χ2v) is 6.49. The molecule has 3 aromatic rings. The van der Waals surface area contributed by atoms with Crippen molar-refractivity contribution in [1.82, 2.24) is 0 Å². The van der Waals surface area contributed by atoms with Crippen LogP contribution in [0.25, 0.3) is 18.8 Å². The van der Waals surface area contributed by atoms with E-state index >= 15 is 0 Å². The van der Waals surface area contributed by atoms with Crippen molar-refractivity contribution in [3.05, 3.63) is 21.9 Å². The number of fused-ring (bicyclic) bond motifs is 3. The first kappa shape index (κ1) is 8.49. The Kier molecular flexibility index (Phi) is 1.72. The Labute approximate surface area is 93.8 Å². The Hall–Kier alpha value is -0.820. The lowest BCUT2D eigenvalue weighted by molar-refractivity contribution is 1.66. The van der Waals surface area contributed by atoms with Gasteiger partial charge in [-0.2, -0.15) is 0 Å². The van der Waals surface area contributed by atoms with Crippen molar-refractivity contribution in [2.75, 3.05) is 0 Å². The number of thiophene rings is 3. The average Bonchev–Trinajstić information content (AvgIpc) is 2.74. The Bertz CT molecular complexity index is 658. The molecule has 0 bridgehead atoms. The van der Waals surface area contributed by atoms with E-state index in [1.165, 1.54) is 23.7 Å². The first-order chi connectivity index (χ1) is 6.78. The van der Waals surface area contributed by atoms with Gasteiger partial charge in [-0.05, 0) is 19.1 Å². The zero-order chi connectivity index (χ0) is 9.71. The van der Waals surface area contributed by atoms with Crippen molar-refractivity contribution in [3.8, 4) is 12.3 Å². The summed E-state index contributed by atoms with van der Waals surface area (Å²) in [7, 11) is 0. The molecule has 3 heteroatoms. The molecule has 0 aliphatic heterocycles. The lowest BCUT2D eigenvalue weighted by Crippen LogP contribution is -1.52. The number of hydrogen-bond acceptors (Lipinski definition) is 3. The Morgan fingerprint density at radius 3 is 2.57 bits per heavy atom. The molecule has 0 aliphatic carbocycles. The fourth-order valence-corrected chi connectivity index (χ4v) is 5.27. The summed E-state index contributed by atoms with van der Waals surface area (Å²) in [6.07, 6.45) is 5.39. The molecule has 0 spiro atoms. The highest BCUT2D eigenvalue weighted by atomic mass is 32.1. The zero-order valence-electron chi connectivity index (χ0n) is 7.46. The summed E-state index contributed by atoms with van der Waals surface area (Å²) < 4.78 is 5.52. The lowest BCUT2D eigenvalue weighted by Gasteiger charge is -1.76. The van der Waals surface area contributed by atoms with Gasteiger partial charge in [-0.15, -0.1) is 40.4 Å². The molecule has 0 saturated carbocycles. The van der Waals surface area contributed by atoms with Crippen LogP contribution in [0.5, 0.6) is 0 Å². The van der Waals surface area contributed by atoms with Gasteiger partial charge in [0.2, 0.25) is 0 Å². The van der Waals surface area contributed by atoms with Crippen molar-refractivity contribution in [2.45, 2.75) is 6.92 Å². The predicted octanol–water partition coefficient (Wildman–Crippen LogP) is 4.47.